The predicted molar refractivity (Wildman–Crippen MR) is 129 cm³/mol. The van der Waals surface area contributed by atoms with Crippen LogP contribution in [-0.4, -0.2) is 55.6 Å². The number of fused-ring (bicyclic) bond motifs is 2. The summed E-state index contributed by atoms with van der Waals surface area (Å²) >= 11 is 0. The van der Waals surface area contributed by atoms with E-state index in [0.29, 0.717) is 17.9 Å². The zero-order chi connectivity index (χ0) is 23.3. The number of methoxy groups -OCH3 is 1. The molecule has 0 bridgehead atoms. The number of nitrogens with zero attached hydrogens (tertiary/aromatic N) is 5. The van der Waals surface area contributed by atoms with Crippen molar-refractivity contribution in [3.63, 3.8) is 0 Å². The number of imidazole rings is 1. The molecule has 8 heteroatoms. The second-order valence-electron chi connectivity index (χ2n) is 8.87. The van der Waals surface area contributed by atoms with Crippen molar-refractivity contribution in [2.45, 2.75) is 45.3 Å². The number of piperidine rings is 1. The monoisotopic (exact) mass is 446 g/mol. The molecule has 1 aliphatic rings. The average Bonchev–Trinajstić information content (AvgIpc) is 3.36. The van der Waals surface area contributed by atoms with Gasteiger partial charge in [-0.2, -0.15) is 0 Å². The number of benzene rings is 1. The number of aryl methyl sites for hydroxylation is 2. The lowest BCUT2D eigenvalue weighted by molar-refractivity contribution is 0.0612. The van der Waals surface area contributed by atoms with Gasteiger partial charge in [-0.1, -0.05) is 0 Å². The minimum absolute atomic E-state index is 0.0156. The molecule has 33 heavy (non-hydrogen) atoms. The largest absolute Gasteiger partial charge is 0.494 e. The summed E-state index contributed by atoms with van der Waals surface area (Å²) in [6.07, 6.45) is 3.66. The smallest absolute Gasteiger partial charge is 0.254 e. The van der Waals surface area contributed by atoms with E-state index in [1.807, 2.05) is 40.9 Å². The van der Waals surface area contributed by atoms with Crippen LogP contribution in [0.3, 0.4) is 0 Å². The highest BCUT2D eigenvalue weighted by Crippen LogP contribution is 2.34. The van der Waals surface area contributed by atoms with Crippen LogP contribution in [0, 0.1) is 0 Å². The Balaban J connectivity index is 1.65. The highest BCUT2D eigenvalue weighted by Gasteiger charge is 2.29. The van der Waals surface area contributed by atoms with Gasteiger partial charge in [0.05, 0.1) is 18.3 Å². The molecule has 8 nitrogen and oxygen atoms in total. The zero-order valence-electron chi connectivity index (χ0n) is 19.6. The number of pyridine rings is 1. The Hall–Kier alpha value is -3.39. The highest BCUT2D eigenvalue weighted by atomic mass is 16.5. The third-order valence-electron chi connectivity index (χ3n) is 6.78. The fourth-order valence-corrected chi connectivity index (χ4v) is 4.99. The van der Waals surface area contributed by atoms with E-state index in [4.69, 9.17) is 15.5 Å². The van der Waals surface area contributed by atoms with Gasteiger partial charge in [0.25, 0.3) is 5.91 Å². The van der Waals surface area contributed by atoms with E-state index in [1.54, 1.807) is 7.11 Å². The van der Waals surface area contributed by atoms with Crippen molar-refractivity contribution in [1.82, 2.24) is 24.0 Å². The first-order chi connectivity index (χ1) is 15.9. The Morgan fingerprint density at radius 2 is 2.09 bits per heavy atom. The summed E-state index contributed by atoms with van der Waals surface area (Å²) in [4.78, 5) is 24.8. The van der Waals surface area contributed by atoms with Gasteiger partial charge in [0.2, 0.25) is 0 Å². The molecule has 0 spiro atoms. The normalized spacial score (nSPS) is 18.9. The molecule has 1 saturated heterocycles. The Morgan fingerprint density at radius 1 is 1.27 bits per heavy atom. The van der Waals surface area contributed by atoms with Crippen LogP contribution in [0.1, 0.15) is 37.0 Å². The van der Waals surface area contributed by atoms with Crippen molar-refractivity contribution in [1.29, 1.82) is 0 Å². The summed E-state index contributed by atoms with van der Waals surface area (Å²) in [5.74, 6) is 1.40. The van der Waals surface area contributed by atoms with Crippen molar-refractivity contribution in [2.75, 3.05) is 13.7 Å². The SMILES string of the molecule is CCn1c(-c2nc3cc(C(=O)N4C[C@@H](N)CC[C@H]4C)cc(OC)c3n2C)cc2cccnc21. The van der Waals surface area contributed by atoms with Crippen LogP contribution in [0.15, 0.2) is 36.5 Å². The number of carbonyl (C=O) groups is 1. The van der Waals surface area contributed by atoms with Crippen LogP contribution in [0.5, 0.6) is 5.75 Å². The lowest BCUT2D eigenvalue weighted by atomic mass is 9.99. The summed E-state index contributed by atoms with van der Waals surface area (Å²) < 4.78 is 9.91. The third kappa shape index (κ3) is 3.45. The molecule has 1 aliphatic heterocycles. The molecule has 1 amide bonds. The Labute approximate surface area is 193 Å². The minimum atomic E-state index is -0.0306. The molecule has 2 N–H and O–H groups in total. The van der Waals surface area contributed by atoms with Crippen molar-refractivity contribution >= 4 is 28.0 Å². The summed E-state index contributed by atoms with van der Waals surface area (Å²) in [6.45, 7) is 5.52. The number of carbonyl (C=O) groups excluding carboxylic acids is 1. The van der Waals surface area contributed by atoms with E-state index in [9.17, 15) is 4.79 Å². The Morgan fingerprint density at radius 3 is 2.85 bits per heavy atom. The van der Waals surface area contributed by atoms with Crippen molar-refractivity contribution in [3.8, 4) is 17.3 Å². The third-order valence-corrected chi connectivity index (χ3v) is 6.78. The maximum Gasteiger partial charge on any atom is 0.254 e. The maximum absolute atomic E-state index is 13.4. The molecule has 5 rings (SSSR count). The summed E-state index contributed by atoms with van der Waals surface area (Å²) in [6, 6.07) is 9.97. The molecular weight excluding hydrogens is 416 g/mol. The van der Waals surface area contributed by atoms with Gasteiger partial charge in [0, 0.05) is 49.4 Å². The quantitative estimate of drug-likeness (QED) is 0.517. The van der Waals surface area contributed by atoms with Crippen molar-refractivity contribution < 1.29 is 9.53 Å². The standard InChI is InChI=1S/C25H30N6O2/c1-5-30-20(12-16-7-6-10-27-23(16)30)24-28-19-11-17(13-21(33-4)22(19)29(24)3)25(32)31-14-18(26)9-8-15(31)2/h6-7,10-13,15,18H,5,8-9,14,26H2,1-4H3/t15-,18+/m1/s1. The predicted octanol–water partition coefficient (Wildman–Crippen LogP) is 3.57. The van der Waals surface area contributed by atoms with Gasteiger partial charge in [-0.05, 0) is 57.0 Å². The fraction of sp³-hybridized carbons (Fsp3) is 0.400. The molecule has 172 valence electrons. The number of hydrogen-bond acceptors (Lipinski definition) is 5. The summed E-state index contributed by atoms with van der Waals surface area (Å²) in [5.41, 5.74) is 10.2. The van der Waals surface area contributed by atoms with E-state index in [2.05, 4.69) is 35.5 Å². The number of likely N-dealkylation sites (tertiary alicyclic amines) is 1. The number of rotatable bonds is 4. The first-order valence-electron chi connectivity index (χ1n) is 11.5. The van der Waals surface area contributed by atoms with E-state index in [0.717, 1.165) is 53.0 Å². The van der Waals surface area contributed by atoms with Crippen LogP contribution < -0.4 is 10.5 Å². The lowest BCUT2D eigenvalue weighted by Gasteiger charge is -2.36. The molecule has 3 aromatic heterocycles. The number of ether oxygens (including phenoxy) is 1. The molecule has 0 radical (unpaired) electrons. The van der Waals surface area contributed by atoms with E-state index in [-0.39, 0.29) is 18.0 Å². The van der Waals surface area contributed by atoms with Gasteiger partial charge in [-0.3, -0.25) is 4.79 Å². The first-order valence-corrected chi connectivity index (χ1v) is 11.5. The molecule has 4 heterocycles. The van der Waals surface area contributed by atoms with Gasteiger partial charge in [-0.15, -0.1) is 0 Å². The van der Waals surface area contributed by atoms with E-state index >= 15 is 0 Å². The fourth-order valence-electron chi connectivity index (χ4n) is 4.99. The zero-order valence-corrected chi connectivity index (χ0v) is 19.6. The van der Waals surface area contributed by atoms with Crippen molar-refractivity contribution in [3.05, 3.63) is 42.1 Å². The molecule has 4 aromatic rings. The molecular formula is C25H30N6O2. The van der Waals surface area contributed by atoms with Crippen LogP contribution in [-0.2, 0) is 13.6 Å². The van der Waals surface area contributed by atoms with Gasteiger partial charge < -0.3 is 24.5 Å². The number of nitrogens with two attached hydrogens (primary N) is 1. The average molecular weight is 447 g/mol. The first kappa shape index (κ1) is 21.5. The van der Waals surface area contributed by atoms with Gasteiger partial charge in [-0.25, -0.2) is 9.97 Å². The minimum Gasteiger partial charge on any atom is -0.494 e. The molecule has 1 aromatic carbocycles. The Bertz CT molecular complexity index is 1350. The van der Waals surface area contributed by atoms with E-state index in [1.165, 1.54) is 0 Å². The van der Waals surface area contributed by atoms with Gasteiger partial charge >= 0.3 is 0 Å². The molecule has 0 unspecified atom stereocenters. The van der Waals surface area contributed by atoms with E-state index < -0.39 is 0 Å². The van der Waals surface area contributed by atoms with Crippen LogP contribution in [0.4, 0.5) is 0 Å². The van der Waals surface area contributed by atoms with Crippen LogP contribution in [0.2, 0.25) is 0 Å². The van der Waals surface area contributed by atoms with Crippen LogP contribution >= 0.6 is 0 Å². The summed E-state index contributed by atoms with van der Waals surface area (Å²) in [5, 5.41) is 1.07. The summed E-state index contributed by atoms with van der Waals surface area (Å²) in [7, 11) is 3.60. The molecule has 1 fully saturated rings. The number of amides is 1. The topological polar surface area (TPSA) is 91.2 Å². The van der Waals surface area contributed by atoms with Crippen LogP contribution in [0.25, 0.3) is 33.6 Å². The molecule has 0 saturated carbocycles. The van der Waals surface area contributed by atoms with Gasteiger partial charge in [0.15, 0.2) is 5.82 Å². The van der Waals surface area contributed by atoms with Gasteiger partial charge in [0.1, 0.15) is 16.9 Å². The second-order valence-corrected chi connectivity index (χ2v) is 8.87. The number of hydrogen-bond donors (Lipinski definition) is 1. The highest BCUT2D eigenvalue weighted by molar-refractivity contribution is 6.00. The Kier molecular flexibility index (Phi) is 5.32. The van der Waals surface area contributed by atoms with Crippen molar-refractivity contribution in [2.24, 2.45) is 12.8 Å². The second kappa shape index (κ2) is 8.19. The number of aromatic nitrogens is 4. The molecule has 0 aliphatic carbocycles. The maximum atomic E-state index is 13.4. The lowest BCUT2D eigenvalue weighted by Crippen LogP contribution is -2.50. The molecule has 2 atom stereocenters.